The van der Waals surface area contributed by atoms with Gasteiger partial charge in [-0.3, -0.25) is 24.2 Å². The number of hydrogen-bond donors (Lipinski definition) is 9. The van der Waals surface area contributed by atoms with Crippen molar-refractivity contribution in [1.29, 1.82) is 0 Å². The molecule has 0 fully saturated rings. The van der Waals surface area contributed by atoms with E-state index < -0.39 is 60.2 Å². The minimum Gasteiger partial charge on any atom is -0.481 e. The Morgan fingerprint density at radius 1 is 0.952 bits per heavy atom. The number of nitrogens with two attached hydrogens (primary N) is 3. The average molecular weight is 607 g/mol. The molecule has 2 aromatic rings. The summed E-state index contributed by atoms with van der Waals surface area (Å²) in [6.07, 6.45) is 3.31. The molecule has 4 atom stereocenters. The van der Waals surface area contributed by atoms with Crippen molar-refractivity contribution < 1.29 is 34.2 Å². The molecule has 0 radical (unpaired) electrons. The second-order valence-corrected chi connectivity index (χ2v) is 10.5. The Labute approximate surface area is 246 Å². The number of carboxylic acid groups (broad SMARTS) is 2. The number of para-hydroxylation sites is 1. The van der Waals surface area contributed by atoms with Crippen LogP contribution in [0.5, 0.6) is 0 Å². The Bertz CT molecular complexity index is 1280. The number of aliphatic imine (C=N–C) groups is 1. The molecule has 1 aromatic carbocycles. The van der Waals surface area contributed by atoms with E-state index in [1.807, 2.05) is 24.3 Å². The molecule has 0 spiro atoms. The van der Waals surface area contributed by atoms with Crippen molar-refractivity contribution in [2.75, 3.05) is 18.6 Å². The van der Waals surface area contributed by atoms with Crippen LogP contribution in [0.15, 0.2) is 35.5 Å². The van der Waals surface area contributed by atoms with Crippen molar-refractivity contribution in [3.63, 3.8) is 0 Å². The molecule has 1 heterocycles. The van der Waals surface area contributed by atoms with Crippen molar-refractivity contribution in [2.24, 2.45) is 22.2 Å². The van der Waals surface area contributed by atoms with Gasteiger partial charge in [0.2, 0.25) is 17.7 Å². The number of aromatic nitrogens is 1. The maximum absolute atomic E-state index is 13.2. The summed E-state index contributed by atoms with van der Waals surface area (Å²) in [5.41, 5.74) is 17.9. The number of aromatic amines is 1. The maximum atomic E-state index is 13.2. The third-order valence-corrected chi connectivity index (χ3v) is 6.92. The van der Waals surface area contributed by atoms with Gasteiger partial charge in [0.1, 0.15) is 18.1 Å². The normalized spacial score (nSPS) is 13.8. The SMILES string of the molecule is CSCCC(NC(=O)C(CC(=O)O)NC(=O)C(N)CCCN=C(N)N)C(=O)NC(Cc1c[nH]c2ccccc12)C(=O)O. The first-order valence-electron chi connectivity index (χ1n) is 13.1. The van der Waals surface area contributed by atoms with Crippen molar-refractivity contribution in [3.05, 3.63) is 36.0 Å². The van der Waals surface area contributed by atoms with Gasteiger partial charge < -0.3 is 48.3 Å². The number of nitrogens with one attached hydrogen (secondary N) is 4. The van der Waals surface area contributed by atoms with Crippen LogP contribution < -0.4 is 33.2 Å². The van der Waals surface area contributed by atoms with Crippen molar-refractivity contribution >= 4 is 58.3 Å². The molecule has 1 aromatic heterocycles. The summed E-state index contributed by atoms with van der Waals surface area (Å²) < 4.78 is 0. The molecule has 15 nitrogen and oxygen atoms in total. The molecule has 0 aliphatic carbocycles. The third kappa shape index (κ3) is 10.9. The van der Waals surface area contributed by atoms with E-state index in [0.29, 0.717) is 17.7 Å². The summed E-state index contributed by atoms with van der Waals surface area (Å²) >= 11 is 1.39. The highest BCUT2D eigenvalue weighted by Gasteiger charge is 2.31. The number of guanidine groups is 1. The predicted octanol–water partition coefficient (Wildman–Crippen LogP) is -1.14. The van der Waals surface area contributed by atoms with E-state index in [9.17, 15) is 34.2 Å². The zero-order valence-electron chi connectivity index (χ0n) is 23.2. The molecule has 12 N–H and O–H groups in total. The van der Waals surface area contributed by atoms with E-state index in [4.69, 9.17) is 17.2 Å². The van der Waals surface area contributed by atoms with Gasteiger partial charge >= 0.3 is 11.9 Å². The van der Waals surface area contributed by atoms with Crippen LogP contribution in [0.2, 0.25) is 0 Å². The van der Waals surface area contributed by atoms with Gasteiger partial charge in [0, 0.05) is 30.1 Å². The van der Waals surface area contributed by atoms with Gasteiger partial charge in [0.05, 0.1) is 12.5 Å². The van der Waals surface area contributed by atoms with Gasteiger partial charge in [0.15, 0.2) is 5.96 Å². The van der Waals surface area contributed by atoms with Crippen LogP contribution in [0.4, 0.5) is 0 Å². The minimum atomic E-state index is -1.54. The number of carboxylic acids is 2. The molecule has 42 heavy (non-hydrogen) atoms. The zero-order chi connectivity index (χ0) is 31.2. The smallest absolute Gasteiger partial charge is 0.326 e. The predicted molar refractivity (Wildman–Crippen MR) is 159 cm³/mol. The molecule has 2 rings (SSSR count). The topological polar surface area (TPSA) is 268 Å². The first-order chi connectivity index (χ1) is 19.9. The van der Waals surface area contributed by atoms with Crippen molar-refractivity contribution in [3.8, 4) is 0 Å². The molecule has 3 amide bonds. The van der Waals surface area contributed by atoms with E-state index in [0.717, 1.165) is 10.9 Å². The van der Waals surface area contributed by atoms with Crippen LogP contribution >= 0.6 is 11.8 Å². The van der Waals surface area contributed by atoms with E-state index in [2.05, 4.69) is 25.9 Å². The van der Waals surface area contributed by atoms with Gasteiger partial charge in [-0.15, -0.1) is 0 Å². The van der Waals surface area contributed by atoms with Gasteiger partial charge in [-0.05, 0) is 42.9 Å². The first-order valence-corrected chi connectivity index (χ1v) is 14.5. The third-order valence-electron chi connectivity index (χ3n) is 6.27. The van der Waals surface area contributed by atoms with Crippen LogP contribution in [-0.4, -0.2) is 93.5 Å². The summed E-state index contributed by atoms with van der Waals surface area (Å²) in [6, 6.07) is 2.20. The molecule has 230 valence electrons. The quantitative estimate of drug-likeness (QED) is 0.0556. The summed E-state index contributed by atoms with van der Waals surface area (Å²) in [5, 5.41) is 27.2. The highest BCUT2D eigenvalue weighted by molar-refractivity contribution is 7.98. The number of carbonyl (C=O) groups is 5. The largest absolute Gasteiger partial charge is 0.481 e. The average Bonchev–Trinajstić information content (AvgIpc) is 3.34. The number of H-pyrrole nitrogens is 1. The standard InChI is InChI=1S/C26H38N8O7S/c1-42-10-8-18(23(38)34-20(25(40)41)11-14-13-31-17-7-3-2-5-15(14)17)32-24(39)19(12-21(35)36)33-22(37)16(27)6-4-9-30-26(28)29/h2-3,5,7,13,16,18-20,31H,4,6,8-12,27H2,1H3,(H,32,39)(H,33,37)(H,34,38)(H,35,36)(H,40,41)(H4,28,29,30). The highest BCUT2D eigenvalue weighted by atomic mass is 32.2. The fourth-order valence-electron chi connectivity index (χ4n) is 4.08. The van der Waals surface area contributed by atoms with Gasteiger partial charge in [0.25, 0.3) is 0 Å². The number of amides is 3. The first kappa shape index (κ1) is 33.9. The molecule has 4 unspecified atom stereocenters. The van der Waals surface area contributed by atoms with Crippen LogP contribution in [0.1, 0.15) is 31.2 Å². The fraction of sp³-hybridized carbons (Fsp3) is 0.462. The van der Waals surface area contributed by atoms with E-state index in [1.165, 1.54) is 11.8 Å². The number of thioether (sulfide) groups is 1. The van der Waals surface area contributed by atoms with Gasteiger partial charge in [-0.25, -0.2) is 4.79 Å². The molecule has 0 aliphatic heterocycles. The van der Waals surface area contributed by atoms with Crippen molar-refractivity contribution in [1.82, 2.24) is 20.9 Å². The Morgan fingerprint density at radius 2 is 1.60 bits per heavy atom. The number of aliphatic carboxylic acids is 2. The monoisotopic (exact) mass is 606 g/mol. The minimum absolute atomic E-state index is 0.0208. The highest BCUT2D eigenvalue weighted by Crippen LogP contribution is 2.19. The molecule has 0 saturated heterocycles. The number of benzene rings is 1. The number of hydrogen-bond acceptors (Lipinski definition) is 8. The van der Waals surface area contributed by atoms with Crippen LogP contribution in [-0.2, 0) is 30.4 Å². The number of carbonyl (C=O) groups excluding carboxylic acids is 3. The maximum Gasteiger partial charge on any atom is 0.326 e. The molecule has 16 heteroatoms. The number of nitrogens with zero attached hydrogens (tertiary/aromatic N) is 1. The Kier molecular flexibility index (Phi) is 13.6. The lowest BCUT2D eigenvalue weighted by Crippen LogP contribution is -2.57. The molecular formula is C26H38N8O7S. The summed E-state index contributed by atoms with van der Waals surface area (Å²) in [6.45, 7) is 0.228. The lowest BCUT2D eigenvalue weighted by atomic mass is 10.0. The summed E-state index contributed by atoms with van der Waals surface area (Å²) in [7, 11) is 0. The summed E-state index contributed by atoms with van der Waals surface area (Å²) in [4.78, 5) is 69.2. The molecule has 0 saturated carbocycles. The Hall–Kier alpha value is -4.31. The van der Waals surface area contributed by atoms with E-state index >= 15 is 0 Å². The van der Waals surface area contributed by atoms with Crippen LogP contribution in [0.3, 0.4) is 0 Å². The van der Waals surface area contributed by atoms with Crippen LogP contribution in [0, 0.1) is 0 Å². The number of rotatable bonds is 18. The van der Waals surface area contributed by atoms with E-state index in [1.54, 1.807) is 12.5 Å². The van der Waals surface area contributed by atoms with Gasteiger partial charge in [-0.2, -0.15) is 11.8 Å². The van der Waals surface area contributed by atoms with E-state index in [-0.39, 0.29) is 31.8 Å². The number of fused-ring (bicyclic) bond motifs is 1. The lowest BCUT2D eigenvalue weighted by Gasteiger charge is -2.24. The second-order valence-electron chi connectivity index (χ2n) is 9.52. The second kappa shape index (κ2) is 16.8. The fourth-order valence-corrected chi connectivity index (χ4v) is 4.55. The molecule has 0 bridgehead atoms. The Morgan fingerprint density at radius 3 is 2.24 bits per heavy atom. The zero-order valence-corrected chi connectivity index (χ0v) is 24.0. The van der Waals surface area contributed by atoms with Crippen molar-refractivity contribution in [2.45, 2.75) is 56.3 Å². The van der Waals surface area contributed by atoms with Crippen LogP contribution in [0.25, 0.3) is 10.9 Å². The van der Waals surface area contributed by atoms with Gasteiger partial charge in [-0.1, -0.05) is 18.2 Å². The summed E-state index contributed by atoms with van der Waals surface area (Å²) in [5.74, 6) is -4.78. The molecule has 0 aliphatic rings. The molecular weight excluding hydrogens is 568 g/mol. The Balaban J connectivity index is 2.12. The lowest BCUT2D eigenvalue weighted by molar-refractivity contribution is -0.143.